The van der Waals surface area contributed by atoms with E-state index < -0.39 is 4.92 Å². The molecule has 6 nitrogen and oxygen atoms in total. The van der Waals surface area contributed by atoms with E-state index in [-0.39, 0.29) is 11.6 Å². The van der Waals surface area contributed by atoms with Gasteiger partial charge in [-0.3, -0.25) is 19.8 Å². The number of amides is 1. The molecule has 22 heavy (non-hydrogen) atoms. The molecule has 0 heterocycles. The normalized spacial score (nSPS) is 15.2. The van der Waals surface area contributed by atoms with Crippen molar-refractivity contribution in [2.75, 3.05) is 13.1 Å². The van der Waals surface area contributed by atoms with Crippen LogP contribution in [0, 0.1) is 10.1 Å². The zero-order valence-corrected chi connectivity index (χ0v) is 13.0. The molecule has 0 spiro atoms. The van der Waals surface area contributed by atoms with E-state index in [0.717, 1.165) is 24.9 Å². The highest BCUT2D eigenvalue weighted by molar-refractivity contribution is 5.78. The number of nitro groups is 1. The zero-order chi connectivity index (χ0) is 15.9. The first kappa shape index (κ1) is 16.4. The van der Waals surface area contributed by atoms with Crippen molar-refractivity contribution in [1.29, 1.82) is 0 Å². The maximum Gasteiger partial charge on any atom is 0.269 e. The first-order chi connectivity index (χ1) is 10.6. The lowest BCUT2D eigenvalue weighted by atomic mass is 10.2. The van der Waals surface area contributed by atoms with Gasteiger partial charge in [0.25, 0.3) is 5.69 Å². The third-order valence-corrected chi connectivity index (χ3v) is 4.06. The summed E-state index contributed by atoms with van der Waals surface area (Å²) in [6.07, 6.45) is 4.53. The minimum Gasteiger partial charge on any atom is -0.352 e. The monoisotopic (exact) mass is 305 g/mol. The van der Waals surface area contributed by atoms with Gasteiger partial charge >= 0.3 is 0 Å². The molecular weight excluding hydrogens is 282 g/mol. The highest BCUT2D eigenvalue weighted by Crippen LogP contribution is 2.18. The van der Waals surface area contributed by atoms with Gasteiger partial charge in [0.05, 0.1) is 11.5 Å². The molecular formula is C16H23N3O3. The molecule has 1 aliphatic carbocycles. The Morgan fingerprint density at radius 2 is 2.14 bits per heavy atom. The van der Waals surface area contributed by atoms with E-state index in [4.69, 9.17) is 0 Å². The fraction of sp³-hybridized carbons (Fsp3) is 0.562. The topological polar surface area (TPSA) is 75.5 Å². The molecule has 1 saturated carbocycles. The molecule has 6 heteroatoms. The Bertz CT molecular complexity index is 527. The molecule has 0 aromatic heterocycles. The van der Waals surface area contributed by atoms with Crippen LogP contribution in [0.2, 0.25) is 0 Å². The number of nitrogens with zero attached hydrogens (tertiary/aromatic N) is 2. The maximum atomic E-state index is 12.1. The molecule has 1 fully saturated rings. The summed E-state index contributed by atoms with van der Waals surface area (Å²) in [5.41, 5.74) is 0.939. The Morgan fingerprint density at radius 3 is 2.77 bits per heavy atom. The molecule has 1 N–H and O–H groups in total. The van der Waals surface area contributed by atoms with Gasteiger partial charge in [-0.05, 0) is 24.9 Å². The Hall–Kier alpha value is -1.95. The Labute approximate surface area is 130 Å². The number of carbonyl (C=O) groups excluding carboxylic acids is 1. The van der Waals surface area contributed by atoms with Crippen LogP contribution in [0.25, 0.3) is 0 Å². The number of carbonyl (C=O) groups is 1. The average molecular weight is 305 g/mol. The van der Waals surface area contributed by atoms with Gasteiger partial charge < -0.3 is 5.32 Å². The van der Waals surface area contributed by atoms with Gasteiger partial charge in [-0.2, -0.15) is 0 Å². The first-order valence-corrected chi connectivity index (χ1v) is 7.83. The molecule has 1 aliphatic rings. The van der Waals surface area contributed by atoms with Crippen LogP contribution in [0.5, 0.6) is 0 Å². The van der Waals surface area contributed by atoms with Crippen molar-refractivity contribution in [2.45, 2.75) is 45.2 Å². The second-order valence-electron chi connectivity index (χ2n) is 5.78. The van der Waals surface area contributed by atoms with Crippen LogP contribution < -0.4 is 5.32 Å². The molecule has 0 radical (unpaired) electrons. The predicted molar refractivity (Wildman–Crippen MR) is 84.4 cm³/mol. The molecule has 0 aliphatic heterocycles. The molecule has 120 valence electrons. The molecule has 0 saturated heterocycles. The molecule has 1 amide bonds. The standard InChI is InChI=1S/C16H23N3O3/c1-2-18(12-16(20)17-14-7-3-4-8-14)11-13-6-5-9-15(10-13)19(21)22/h5-6,9-10,14H,2-4,7-8,11-12H2,1H3,(H,17,20). The molecule has 1 aromatic rings. The molecule has 2 rings (SSSR count). The van der Waals surface area contributed by atoms with Crippen molar-refractivity contribution >= 4 is 11.6 Å². The van der Waals surface area contributed by atoms with E-state index in [0.29, 0.717) is 19.1 Å². The average Bonchev–Trinajstić information content (AvgIpc) is 2.99. The van der Waals surface area contributed by atoms with Crippen LogP contribution in [0.4, 0.5) is 5.69 Å². The number of likely N-dealkylation sites (N-methyl/N-ethyl adjacent to an activating group) is 1. The minimum atomic E-state index is -0.396. The number of hydrogen-bond acceptors (Lipinski definition) is 4. The van der Waals surface area contributed by atoms with E-state index in [1.807, 2.05) is 17.9 Å². The zero-order valence-electron chi connectivity index (χ0n) is 13.0. The number of benzene rings is 1. The van der Waals surface area contributed by atoms with E-state index >= 15 is 0 Å². The summed E-state index contributed by atoms with van der Waals surface area (Å²) in [4.78, 5) is 24.5. The van der Waals surface area contributed by atoms with Crippen molar-refractivity contribution in [3.63, 3.8) is 0 Å². The van der Waals surface area contributed by atoms with Crippen LogP contribution in [-0.4, -0.2) is 34.9 Å². The number of nitro benzene ring substituents is 1. The summed E-state index contributed by atoms with van der Waals surface area (Å²) >= 11 is 0. The van der Waals surface area contributed by atoms with Crippen LogP contribution in [0.15, 0.2) is 24.3 Å². The van der Waals surface area contributed by atoms with Crippen molar-refractivity contribution in [3.05, 3.63) is 39.9 Å². The van der Waals surface area contributed by atoms with Crippen LogP contribution >= 0.6 is 0 Å². The number of nitrogens with one attached hydrogen (secondary N) is 1. The quantitative estimate of drug-likeness (QED) is 0.620. The summed E-state index contributed by atoms with van der Waals surface area (Å²) in [6.45, 7) is 3.58. The predicted octanol–water partition coefficient (Wildman–Crippen LogP) is 2.48. The third-order valence-electron chi connectivity index (χ3n) is 4.06. The first-order valence-electron chi connectivity index (χ1n) is 7.83. The van der Waals surface area contributed by atoms with Crippen LogP contribution in [0.1, 0.15) is 38.2 Å². The van der Waals surface area contributed by atoms with Gasteiger partial charge in [-0.1, -0.05) is 31.9 Å². The maximum absolute atomic E-state index is 12.1. The van der Waals surface area contributed by atoms with Gasteiger partial charge in [-0.25, -0.2) is 0 Å². The Balaban J connectivity index is 1.89. The Morgan fingerprint density at radius 1 is 1.41 bits per heavy atom. The van der Waals surface area contributed by atoms with Crippen LogP contribution in [-0.2, 0) is 11.3 Å². The molecule has 1 aromatic carbocycles. The fourth-order valence-corrected chi connectivity index (χ4v) is 2.85. The second-order valence-corrected chi connectivity index (χ2v) is 5.78. The second kappa shape index (κ2) is 7.89. The highest BCUT2D eigenvalue weighted by Gasteiger charge is 2.18. The summed E-state index contributed by atoms with van der Waals surface area (Å²) in [5, 5.41) is 13.9. The van der Waals surface area contributed by atoms with E-state index in [9.17, 15) is 14.9 Å². The smallest absolute Gasteiger partial charge is 0.269 e. The summed E-state index contributed by atoms with van der Waals surface area (Å²) in [6, 6.07) is 6.90. The van der Waals surface area contributed by atoms with Gasteiger partial charge in [0.1, 0.15) is 0 Å². The lowest BCUT2D eigenvalue weighted by Crippen LogP contribution is -2.40. The van der Waals surface area contributed by atoms with E-state index in [1.165, 1.54) is 18.9 Å². The lowest BCUT2D eigenvalue weighted by molar-refractivity contribution is -0.384. The van der Waals surface area contributed by atoms with Crippen LogP contribution in [0.3, 0.4) is 0 Å². The van der Waals surface area contributed by atoms with Gasteiger partial charge in [0.15, 0.2) is 0 Å². The van der Waals surface area contributed by atoms with Gasteiger partial charge in [-0.15, -0.1) is 0 Å². The largest absolute Gasteiger partial charge is 0.352 e. The Kier molecular flexibility index (Phi) is 5.89. The molecule has 0 atom stereocenters. The fourth-order valence-electron chi connectivity index (χ4n) is 2.85. The number of rotatable bonds is 7. The highest BCUT2D eigenvalue weighted by atomic mass is 16.6. The third kappa shape index (κ3) is 4.80. The number of non-ortho nitro benzene ring substituents is 1. The summed E-state index contributed by atoms with van der Waals surface area (Å²) in [7, 11) is 0. The SMILES string of the molecule is CCN(CC(=O)NC1CCCC1)Cc1cccc([N+](=O)[O-])c1. The lowest BCUT2D eigenvalue weighted by Gasteiger charge is -2.21. The summed E-state index contributed by atoms with van der Waals surface area (Å²) in [5.74, 6) is 0.0409. The minimum absolute atomic E-state index is 0.0409. The van der Waals surface area contributed by atoms with Crippen molar-refractivity contribution < 1.29 is 9.72 Å². The van der Waals surface area contributed by atoms with E-state index in [1.54, 1.807) is 12.1 Å². The molecule has 0 bridgehead atoms. The molecule has 0 unspecified atom stereocenters. The number of hydrogen-bond donors (Lipinski definition) is 1. The van der Waals surface area contributed by atoms with Crippen molar-refractivity contribution in [1.82, 2.24) is 10.2 Å². The van der Waals surface area contributed by atoms with Crippen molar-refractivity contribution in [2.24, 2.45) is 0 Å². The van der Waals surface area contributed by atoms with Crippen molar-refractivity contribution in [3.8, 4) is 0 Å². The van der Waals surface area contributed by atoms with Gasteiger partial charge in [0, 0.05) is 24.7 Å². The van der Waals surface area contributed by atoms with Gasteiger partial charge in [0.2, 0.25) is 5.91 Å². The van der Waals surface area contributed by atoms with E-state index in [2.05, 4.69) is 5.32 Å². The summed E-state index contributed by atoms with van der Waals surface area (Å²) < 4.78 is 0.